The Morgan fingerprint density at radius 2 is 1.80 bits per heavy atom. The first-order valence-corrected chi connectivity index (χ1v) is 11.4. The van der Waals surface area contributed by atoms with E-state index in [1.165, 1.54) is 24.8 Å². The molecule has 0 saturated heterocycles. The molecule has 2 heterocycles. The number of hydrogen-bond acceptors (Lipinski definition) is 6. The van der Waals surface area contributed by atoms with Gasteiger partial charge in [0, 0.05) is 24.1 Å². The number of hydrogen-bond donors (Lipinski definition) is 0. The van der Waals surface area contributed by atoms with Gasteiger partial charge in [0.25, 0.3) is 11.6 Å². The highest BCUT2D eigenvalue weighted by Gasteiger charge is 2.27. The van der Waals surface area contributed by atoms with Crippen LogP contribution in [0.2, 0.25) is 0 Å². The van der Waals surface area contributed by atoms with Crippen LogP contribution >= 0.6 is 0 Å². The minimum atomic E-state index is -0.399. The lowest BCUT2D eigenvalue weighted by Crippen LogP contribution is -2.15. The number of non-ortho nitro benzene ring substituents is 1. The molecule has 1 aliphatic rings. The molecule has 1 atom stereocenters. The predicted molar refractivity (Wildman–Crippen MR) is 136 cm³/mol. The summed E-state index contributed by atoms with van der Waals surface area (Å²) >= 11 is 0. The highest BCUT2D eigenvalue weighted by molar-refractivity contribution is 5.55. The first-order chi connectivity index (χ1) is 16.6. The number of rotatable bonds is 8. The topological polar surface area (TPSA) is 91.8 Å². The van der Waals surface area contributed by atoms with Crippen LogP contribution in [0.1, 0.15) is 62.2 Å². The molecule has 0 spiro atoms. The summed E-state index contributed by atoms with van der Waals surface area (Å²) in [5.41, 5.74) is 6.35. The van der Waals surface area contributed by atoms with Crippen LogP contribution in [0.15, 0.2) is 74.2 Å². The quantitative estimate of drug-likeness (QED) is 0.233. The van der Waals surface area contributed by atoms with Crippen molar-refractivity contribution in [3.8, 4) is 5.95 Å². The number of nitro benzene ring substituents is 1. The summed E-state index contributed by atoms with van der Waals surface area (Å²) in [7, 11) is 1.48. The lowest BCUT2D eigenvalue weighted by atomic mass is 10.0. The molecule has 0 N–H and O–H groups in total. The third-order valence-corrected chi connectivity index (χ3v) is 5.80. The molecule has 3 rings (SSSR count). The fourth-order valence-electron chi connectivity index (χ4n) is 4.21. The fraction of sp³-hybridized carbons (Fsp3) is 0.321. The molecular formula is C28H31NO6. The van der Waals surface area contributed by atoms with Gasteiger partial charge in [-0.25, -0.2) is 0 Å². The first kappa shape index (κ1) is 25.7. The lowest BCUT2D eigenvalue weighted by Gasteiger charge is -2.14. The number of allylic oxidation sites excluding steroid dienone is 5. The van der Waals surface area contributed by atoms with Crippen molar-refractivity contribution in [1.29, 1.82) is 0 Å². The van der Waals surface area contributed by atoms with Crippen molar-refractivity contribution in [3.05, 3.63) is 108 Å². The summed E-state index contributed by atoms with van der Waals surface area (Å²) in [5.74, 6) is 0.712. The summed E-state index contributed by atoms with van der Waals surface area (Å²) in [6, 6.07) is 6.53. The number of nitro groups is 1. The van der Waals surface area contributed by atoms with E-state index in [0.717, 1.165) is 28.7 Å². The first-order valence-electron chi connectivity index (χ1n) is 11.4. The Morgan fingerprint density at radius 3 is 2.43 bits per heavy atom. The van der Waals surface area contributed by atoms with Gasteiger partial charge in [0.2, 0.25) is 0 Å². The molecule has 0 fully saturated rings. The van der Waals surface area contributed by atoms with Crippen molar-refractivity contribution in [2.45, 2.75) is 53.6 Å². The van der Waals surface area contributed by atoms with Gasteiger partial charge < -0.3 is 13.9 Å². The van der Waals surface area contributed by atoms with Crippen molar-refractivity contribution in [3.63, 3.8) is 0 Å². The minimum absolute atomic E-state index is 0.0860. The van der Waals surface area contributed by atoms with Crippen LogP contribution < -0.4 is 10.2 Å². The van der Waals surface area contributed by atoms with Gasteiger partial charge >= 0.3 is 0 Å². The van der Waals surface area contributed by atoms with Crippen LogP contribution in [0.3, 0.4) is 0 Å². The van der Waals surface area contributed by atoms with Crippen LogP contribution in [-0.4, -0.2) is 12.0 Å². The van der Waals surface area contributed by atoms with E-state index in [2.05, 4.69) is 19.1 Å². The fourth-order valence-corrected chi connectivity index (χ4v) is 4.21. The molecule has 1 aliphatic heterocycles. The second-order valence-corrected chi connectivity index (χ2v) is 8.95. The van der Waals surface area contributed by atoms with Crippen molar-refractivity contribution >= 4 is 11.8 Å². The van der Waals surface area contributed by atoms with E-state index in [1.807, 2.05) is 19.9 Å². The molecular weight excluding hydrogens is 446 g/mol. The highest BCUT2D eigenvalue weighted by Crippen LogP contribution is 2.35. The van der Waals surface area contributed by atoms with Gasteiger partial charge in [-0.1, -0.05) is 34.9 Å². The van der Waals surface area contributed by atoms with Gasteiger partial charge in [-0.2, -0.15) is 0 Å². The molecule has 0 aliphatic carbocycles. The zero-order chi connectivity index (χ0) is 25.7. The van der Waals surface area contributed by atoms with Crippen LogP contribution in [0.25, 0.3) is 6.08 Å². The van der Waals surface area contributed by atoms with Crippen molar-refractivity contribution in [2.75, 3.05) is 7.11 Å². The molecule has 0 unspecified atom stereocenters. The zero-order valence-corrected chi connectivity index (χ0v) is 21.0. The van der Waals surface area contributed by atoms with E-state index >= 15 is 0 Å². The van der Waals surface area contributed by atoms with Crippen molar-refractivity contribution in [2.24, 2.45) is 0 Å². The maximum atomic E-state index is 12.5. The highest BCUT2D eigenvalue weighted by atomic mass is 16.6. The molecule has 7 nitrogen and oxygen atoms in total. The smallest absolute Gasteiger partial charge is 0.291 e. The van der Waals surface area contributed by atoms with Gasteiger partial charge in [0.1, 0.15) is 0 Å². The second-order valence-electron chi connectivity index (χ2n) is 8.95. The average molecular weight is 478 g/mol. The summed E-state index contributed by atoms with van der Waals surface area (Å²) in [6.45, 7) is 9.58. The average Bonchev–Trinajstić information content (AvgIpc) is 3.25. The molecule has 1 aromatic carbocycles. The Kier molecular flexibility index (Phi) is 8.12. The summed E-state index contributed by atoms with van der Waals surface area (Å²) in [5, 5.41) is 10.8. The van der Waals surface area contributed by atoms with E-state index in [4.69, 9.17) is 13.9 Å². The molecule has 7 heteroatoms. The molecule has 0 radical (unpaired) electrons. The van der Waals surface area contributed by atoms with Gasteiger partial charge in [0.05, 0.1) is 23.9 Å². The third-order valence-electron chi connectivity index (χ3n) is 5.80. The predicted octanol–water partition coefficient (Wildman–Crippen LogP) is 6.90. The Hall–Kier alpha value is -3.87. The maximum absolute atomic E-state index is 12.5. The molecule has 35 heavy (non-hydrogen) atoms. The largest absolute Gasteiger partial charge is 0.489 e. The Bertz CT molecular complexity index is 1290. The van der Waals surface area contributed by atoms with E-state index in [0.29, 0.717) is 23.3 Å². The monoisotopic (exact) mass is 477 g/mol. The van der Waals surface area contributed by atoms with Gasteiger partial charge in [0.15, 0.2) is 17.3 Å². The van der Waals surface area contributed by atoms with E-state index in [-0.39, 0.29) is 23.2 Å². The van der Waals surface area contributed by atoms with Crippen molar-refractivity contribution < 1.29 is 18.8 Å². The Morgan fingerprint density at radius 1 is 1.11 bits per heavy atom. The summed E-state index contributed by atoms with van der Waals surface area (Å²) < 4.78 is 16.9. The number of methoxy groups -OCH3 is 1. The van der Waals surface area contributed by atoms with Gasteiger partial charge in [-0.05, 0) is 64.3 Å². The third kappa shape index (κ3) is 6.38. The summed E-state index contributed by atoms with van der Waals surface area (Å²) in [4.78, 5) is 22.9. The molecule has 2 aromatic rings. The number of ether oxygens (including phenoxy) is 2. The van der Waals surface area contributed by atoms with Gasteiger partial charge in [-0.3, -0.25) is 14.9 Å². The van der Waals surface area contributed by atoms with E-state index in [9.17, 15) is 14.9 Å². The van der Waals surface area contributed by atoms with Crippen LogP contribution in [0.4, 0.5) is 5.69 Å². The van der Waals surface area contributed by atoms with E-state index in [1.54, 1.807) is 32.2 Å². The molecule has 0 saturated carbocycles. The second kappa shape index (κ2) is 11.0. The van der Waals surface area contributed by atoms with Crippen LogP contribution in [0.5, 0.6) is 5.95 Å². The normalized spacial score (nSPS) is 16.7. The minimum Gasteiger partial charge on any atom is -0.489 e. The van der Waals surface area contributed by atoms with Crippen LogP contribution in [0, 0.1) is 24.0 Å². The molecule has 0 amide bonds. The lowest BCUT2D eigenvalue weighted by molar-refractivity contribution is -0.384. The Balaban J connectivity index is 1.66. The molecule has 1 aromatic heterocycles. The van der Waals surface area contributed by atoms with Gasteiger partial charge in [-0.15, -0.1) is 0 Å². The summed E-state index contributed by atoms with van der Waals surface area (Å²) in [6.07, 6.45) is 8.95. The van der Waals surface area contributed by atoms with E-state index < -0.39 is 4.92 Å². The number of benzene rings is 1. The zero-order valence-electron chi connectivity index (χ0n) is 21.0. The maximum Gasteiger partial charge on any atom is 0.291 e. The molecule has 184 valence electrons. The van der Waals surface area contributed by atoms with Crippen molar-refractivity contribution in [1.82, 2.24) is 0 Å². The van der Waals surface area contributed by atoms with Crippen LogP contribution in [-0.2, 0) is 4.74 Å². The standard InChI is InChI=1S/C28H31NO6/c1-17(11-18(2)13-22-7-9-24(10-8-22)29(31)32)12-19(3)14-23-15-25(34-16-23)27-20(4)26(30)21(5)28(33-6)35-27/h7-10,12-14,16,25H,11,15H2,1-6H3/b17-12-,18-13+,19-14-/t25-/m0/s1. The Labute approximate surface area is 205 Å². The SMILES string of the molecule is COc1oc([C@@H]2CC(/C=C(C)\C=C(\C)C/C(C)=C/c3ccc([N+](=O)[O-])cc3)=CO2)c(C)c(=O)c1C. The number of nitrogens with zero attached hydrogens (tertiary/aromatic N) is 1. The molecule has 0 bridgehead atoms.